The van der Waals surface area contributed by atoms with Gasteiger partial charge in [-0.1, -0.05) is 12.1 Å². The highest BCUT2D eigenvalue weighted by Crippen LogP contribution is 2.25. The molecule has 0 unspecified atom stereocenters. The predicted molar refractivity (Wildman–Crippen MR) is 112 cm³/mol. The molecule has 1 aliphatic heterocycles. The summed E-state index contributed by atoms with van der Waals surface area (Å²) < 4.78 is 24.1. The summed E-state index contributed by atoms with van der Waals surface area (Å²) in [6.07, 6.45) is 0. The fraction of sp³-hybridized carbons (Fsp3) is 0.364. The monoisotopic (exact) mass is 434 g/mol. The molecule has 168 valence electrons. The lowest BCUT2D eigenvalue weighted by molar-refractivity contribution is -0.159. The Morgan fingerprint density at radius 2 is 1.52 bits per heavy atom. The number of carboxylic acid groups (broad SMARTS) is 2. The van der Waals surface area contributed by atoms with Crippen molar-refractivity contribution in [1.82, 2.24) is 9.80 Å². The Bertz CT molecular complexity index is 872. The van der Waals surface area contributed by atoms with Crippen molar-refractivity contribution in [1.29, 1.82) is 0 Å². The number of piperazine rings is 1. The molecule has 2 aromatic carbocycles. The molecule has 0 amide bonds. The quantitative estimate of drug-likeness (QED) is 0.669. The number of carboxylic acids is 2. The number of rotatable bonds is 6. The van der Waals surface area contributed by atoms with E-state index < -0.39 is 11.9 Å². The van der Waals surface area contributed by atoms with Crippen LogP contribution in [0.2, 0.25) is 0 Å². The van der Waals surface area contributed by atoms with Crippen molar-refractivity contribution < 1.29 is 33.7 Å². The maximum Gasteiger partial charge on any atom is 0.414 e. The number of carbonyl (C=O) groups is 2. The average Bonchev–Trinajstić information content (AvgIpc) is 2.75. The maximum absolute atomic E-state index is 13.3. The van der Waals surface area contributed by atoms with Crippen LogP contribution in [0.25, 0.3) is 0 Å². The molecular weight excluding hydrogens is 407 g/mol. The van der Waals surface area contributed by atoms with Gasteiger partial charge in [-0.15, -0.1) is 0 Å². The van der Waals surface area contributed by atoms with Crippen LogP contribution in [0, 0.1) is 5.82 Å². The second-order valence-electron chi connectivity index (χ2n) is 6.97. The number of hydrogen-bond donors (Lipinski definition) is 2. The van der Waals surface area contributed by atoms with Gasteiger partial charge in [-0.25, -0.2) is 14.0 Å². The summed E-state index contributed by atoms with van der Waals surface area (Å²) in [4.78, 5) is 23.0. The fourth-order valence-corrected chi connectivity index (χ4v) is 3.25. The van der Waals surface area contributed by atoms with Crippen LogP contribution in [0.15, 0.2) is 42.5 Å². The second-order valence-corrected chi connectivity index (χ2v) is 6.97. The molecule has 3 rings (SSSR count). The molecule has 0 atom stereocenters. The first-order valence-electron chi connectivity index (χ1n) is 9.68. The second kappa shape index (κ2) is 11.9. The van der Waals surface area contributed by atoms with Crippen LogP contribution >= 0.6 is 0 Å². The Labute approximate surface area is 180 Å². The number of benzene rings is 2. The number of hydrogen-bond acceptors (Lipinski definition) is 6. The molecule has 8 nitrogen and oxygen atoms in total. The Kier molecular flexibility index (Phi) is 9.23. The largest absolute Gasteiger partial charge is 0.497 e. The van der Waals surface area contributed by atoms with Gasteiger partial charge in [0.15, 0.2) is 0 Å². The van der Waals surface area contributed by atoms with Gasteiger partial charge in [0.05, 0.1) is 14.2 Å². The lowest BCUT2D eigenvalue weighted by Crippen LogP contribution is -2.45. The van der Waals surface area contributed by atoms with Crippen LogP contribution < -0.4 is 9.47 Å². The number of halogens is 1. The Balaban J connectivity index is 0.000000501. The van der Waals surface area contributed by atoms with E-state index in [2.05, 4.69) is 9.80 Å². The van der Waals surface area contributed by atoms with Crippen molar-refractivity contribution in [2.75, 3.05) is 40.4 Å². The minimum atomic E-state index is -1.82. The molecule has 9 heteroatoms. The molecule has 1 saturated heterocycles. The SMILES string of the molecule is COc1ccc(OC)c(CN2CCN(Cc3cccc(F)c3)CC2)c1.O=C(O)C(=O)O. The molecule has 1 aliphatic rings. The summed E-state index contributed by atoms with van der Waals surface area (Å²) in [6.45, 7) is 5.55. The Morgan fingerprint density at radius 1 is 0.903 bits per heavy atom. The maximum atomic E-state index is 13.3. The highest BCUT2D eigenvalue weighted by atomic mass is 19.1. The van der Waals surface area contributed by atoms with Gasteiger partial charge in [-0.2, -0.15) is 0 Å². The third kappa shape index (κ3) is 7.88. The summed E-state index contributed by atoms with van der Waals surface area (Å²) in [6, 6.07) is 12.8. The third-order valence-corrected chi connectivity index (χ3v) is 4.82. The zero-order valence-corrected chi connectivity index (χ0v) is 17.6. The van der Waals surface area contributed by atoms with Crippen LogP contribution in [-0.2, 0) is 22.7 Å². The van der Waals surface area contributed by atoms with Crippen LogP contribution in [0.1, 0.15) is 11.1 Å². The van der Waals surface area contributed by atoms with Crippen molar-refractivity contribution in [2.24, 2.45) is 0 Å². The van der Waals surface area contributed by atoms with E-state index in [-0.39, 0.29) is 5.82 Å². The molecule has 0 aromatic heterocycles. The van der Waals surface area contributed by atoms with Crippen molar-refractivity contribution in [3.05, 3.63) is 59.4 Å². The number of ether oxygens (including phenoxy) is 2. The molecule has 0 bridgehead atoms. The zero-order chi connectivity index (χ0) is 22.8. The average molecular weight is 434 g/mol. The molecule has 0 aliphatic carbocycles. The van der Waals surface area contributed by atoms with Crippen LogP contribution in [-0.4, -0.2) is 72.4 Å². The van der Waals surface area contributed by atoms with Crippen molar-refractivity contribution >= 4 is 11.9 Å². The molecule has 31 heavy (non-hydrogen) atoms. The van der Waals surface area contributed by atoms with E-state index in [9.17, 15) is 4.39 Å². The summed E-state index contributed by atoms with van der Waals surface area (Å²) in [7, 11) is 3.37. The number of aliphatic carboxylic acids is 2. The fourth-order valence-electron chi connectivity index (χ4n) is 3.25. The zero-order valence-electron chi connectivity index (χ0n) is 17.6. The third-order valence-electron chi connectivity index (χ3n) is 4.82. The van der Waals surface area contributed by atoms with Crippen molar-refractivity contribution in [2.45, 2.75) is 13.1 Å². The normalized spacial score (nSPS) is 14.3. The van der Waals surface area contributed by atoms with E-state index in [0.29, 0.717) is 0 Å². The van der Waals surface area contributed by atoms with Gasteiger partial charge < -0.3 is 19.7 Å². The van der Waals surface area contributed by atoms with Gasteiger partial charge in [0.1, 0.15) is 17.3 Å². The molecule has 0 radical (unpaired) electrons. The highest BCUT2D eigenvalue weighted by molar-refractivity contribution is 6.27. The lowest BCUT2D eigenvalue weighted by Gasteiger charge is -2.35. The molecule has 1 heterocycles. The van der Waals surface area contributed by atoms with Gasteiger partial charge in [0.2, 0.25) is 0 Å². The van der Waals surface area contributed by atoms with E-state index in [1.54, 1.807) is 26.4 Å². The molecule has 0 saturated carbocycles. The number of methoxy groups -OCH3 is 2. The van der Waals surface area contributed by atoms with E-state index in [1.165, 1.54) is 6.07 Å². The molecule has 0 spiro atoms. The van der Waals surface area contributed by atoms with Crippen molar-refractivity contribution in [3.63, 3.8) is 0 Å². The molecular formula is C22H27FN2O6. The first kappa shape index (κ1) is 24.1. The van der Waals surface area contributed by atoms with E-state index >= 15 is 0 Å². The van der Waals surface area contributed by atoms with Gasteiger partial charge >= 0.3 is 11.9 Å². The van der Waals surface area contributed by atoms with Gasteiger partial charge in [0.25, 0.3) is 0 Å². The summed E-state index contributed by atoms with van der Waals surface area (Å²) in [5.74, 6) is -2.07. The predicted octanol–water partition coefficient (Wildman–Crippen LogP) is 2.32. The first-order chi connectivity index (χ1) is 14.8. The van der Waals surface area contributed by atoms with E-state index in [4.69, 9.17) is 29.3 Å². The summed E-state index contributed by atoms with van der Waals surface area (Å²) >= 11 is 0. The highest BCUT2D eigenvalue weighted by Gasteiger charge is 2.19. The van der Waals surface area contributed by atoms with Crippen LogP contribution in [0.5, 0.6) is 11.5 Å². The smallest absolute Gasteiger partial charge is 0.414 e. The summed E-state index contributed by atoms with van der Waals surface area (Å²) in [5.41, 5.74) is 2.17. The lowest BCUT2D eigenvalue weighted by atomic mass is 10.1. The Hall–Kier alpha value is -3.17. The molecule has 2 N–H and O–H groups in total. The first-order valence-corrected chi connectivity index (χ1v) is 9.68. The van der Waals surface area contributed by atoms with Crippen LogP contribution in [0.3, 0.4) is 0 Å². The van der Waals surface area contributed by atoms with Gasteiger partial charge in [-0.3, -0.25) is 9.80 Å². The standard InChI is InChI=1S/C20H25FN2O2.C2H2O4/c1-24-19-6-7-20(25-2)17(13-19)15-23-10-8-22(9-11-23)14-16-4-3-5-18(21)12-16;3-1(4)2(5)6/h3-7,12-13H,8-11,14-15H2,1-2H3;(H,3,4)(H,5,6). The molecule has 2 aromatic rings. The topological polar surface area (TPSA) is 99.5 Å². The van der Waals surface area contributed by atoms with Crippen LogP contribution in [0.4, 0.5) is 4.39 Å². The Morgan fingerprint density at radius 3 is 2.03 bits per heavy atom. The van der Waals surface area contributed by atoms with Crippen molar-refractivity contribution in [3.8, 4) is 11.5 Å². The summed E-state index contributed by atoms with van der Waals surface area (Å²) in [5, 5.41) is 14.8. The van der Waals surface area contributed by atoms with E-state index in [1.807, 2.05) is 24.3 Å². The number of nitrogens with zero attached hydrogens (tertiary/aromatic N) is 2. The van der Waals surface area contributed by atoms with Gasteiger partial charge in [0, 0.05) is 44.8 Å². The molecule has 1 fully saturated rings. The van der Waals surface area contributed by atoms with E-state index in [0.717, 1.165) is 61.9 Å². The minimum Gasteiger partial charge on any atom is -0.497 e. The minimum absolute atomic E-state index is 0.166. The van der Waals surface area contributed by atoms with Gasteiger partial charge in [-0.05, 0) is 35.9 Å².